The van der Waals surface area contributed by atoms with Gasteiger partial charge >= 0.3 is 0 Å². The topological polar surface area (TPSA) is 86.7 Å². The van der Waals surface area contributed by atoms with Crippen LogP contribution in [0.4, 0.5) is 10.5 Å². The molecule has 0 spiro atoms. The van der Waals surface area contributed by atoms with Gasteiger partial charge < -0.3 is 10.4 Å². The average molecular weight is 502 g/mol. The highest BCUT2D eigenvalue weighted by molar-refractivity contribution is 9.10. The van der Waals surface area contributed by atoms with Crippen molar-refractivity contribution in [2.75, 3.05) is 11.9 Å². The van der Waals surface area contributed by atoms with Gasteiger partial charge in [-0.2, -0.15) is 0 Å². The van der Waals surface area contributed by atoms with Gasteiger partial charge in [-0.1, -0.05) is 39.1 Å². The second-order valence-electron chi connectivity index (χ2n) is 5.66. The van der Waals surface area contributed by atoms with E-state index >= 15 is 0 Å². The summed E-state index contributed by atoms with van der Waals surface area (Å²) in [6, 6.07) is 9.72. The van der Waals surface area contributed by atoms with Gasteiger partial charge in [-0.25, -0.2) is 0 Å². The summed E-state index contributed by atoms with van der Waals surface area (Å²) in [5.41, 5.74) is 0.988. The molecule has 6 nitrogen and oxygen atoms in total. The van der Waals surface area contributed by atoms with Gasteiger partial charge in [0.15, 0.2) is 5.75 Å². The maximum Gasteiger partial charge on any atom is 0.294 e. The molecule has 0 unspecified atom stereocenters. The molecule has 1 aliphatic rings. The van der Waals surface area contributed by atoms with Gasteiger partial charge in [0.1, 0.15) is 6.54 Å². The van der Waals surface area contributed by atoms with E-state index in [1.54, 1.807) is 24.3 Å². The van der Waals surface area contributed by atoms with Crippen molar-refractivity contribution in [3.05, 3.63) is 61.4 Å². The van der Waals surface area contributed by atoms with Crippen LogP contribution in [0.3, 0.4) is 0 Å². The summed E-state index contributed by atoms with van der Waals surface area (Å²) in [6.45, 7) is -0.408. The van der Waals surface area contributed by atoms with Crippen molar-refractivity contribution < 1.29 is 19.5 Å². The van der Waals surface area contributed by atoms with Gasteiger partial charge in [-0.05, 0) is 59.8 Å². The number of hydrogen-bond acceptors (Lipinski definition) is 5. The number of phenols is 1. The number of amides is 3. The molecule has 1 fully saturated rings. The maximum absolute atomic E-state index is 12.5. The number of carbonyl (C=O) groups is 3. The van der Waals surface area contributed by atoms with Crippen LogP contribution in [-0.4, -0.2) is 33.6 Å². The Morgan fingerprint density at radius 3 is 2.39 bits per heavy atom. The normalized spacial score (nSPS) is 15.4. The lowest BCUT2D eigenvalue weighted by molar-refractivity contribution is -0.127. The summed E-state index contributed by atoms with van der Waals surface area (Å²) >= 11 is 15.7. The number of hydrogen-bond donors (Lipinski definition) is 2. The van der Waals surface area contributed by atoms with Crippen LogP contribution in [0.1, 0.15) is 5.56 Å². The highest BCUT2D eigenvalue weighted by atomic mass is 79.9. The van der Waals surface area contributed by atoms with E-state index in [4.69, 9.17) is 23.2 Å². The minimum atomic E-state index is -0.596. The predicted molar refractivity (Wildman–Crippen MR) is 114 cm³/mol. The first kappa shape index (κ1) is 20.7. The molecule has 0 bridgehead atoms. The van der Waals surface area contributed by atoms with E-state index in [0.717, 1.165) is 9.37 Å². The van der Waals surface area contributed by atoms with Crippen molar-refractivity contribution in [2.24, 2.45) is 0 Å². The lowest BCUT2D eigenvalue weighted by Crippen LogP contribution is -2.36. The molecular weight excluding hydrogens is 491 g/mol. The third-order valence-corrected chi connectivity index (χ3v) is 5.65. The number of carbonyl (C=O) groups excluding carboxylic acids is 3. The van der Waals surface area contributed by atoms with Crippen LogP contribution >= 0.6 is 50.9 Å². The molecule has 3 rings (SSSR count). The number of thioether (sulfide) groups is 1. The number of benzene rings is 2. The molecule has 0 saturated carbocycles. The Balaban J connectivity index is 1.72. The molecule has 3 amide bonds. The van der Waals surface area contributed by atoms with Gasteiger partial charge in [0, 0.05) is 10.2 Å². The predicted octanol–water partition coefficient (Wildman–Crippen LogP) is 5.14. The number of rotatable bonds is 4. The van der Waals surface area contributed by atoms with Gasteiger partial charge in [-0.3, -0.25) is 19.3 Å². The summed E-state index contributed by atoms with van der Waals surface area (Å²) in [4.78, 5) is 37.8. The number of imide groups is 1. The number of aromatic hydroxyl groups is 1. The minimum Gasteiger partial charge on any atom is -0.505 e. The Morgan fingerprint density at radius 1 is 1.18 bits per heavy atom. The second kappa shape index (κ2) is 8.57. The van der Waals surface area contributed by atoms with E-state index in [1.165, 1.54) is 18.2 Å². The third kappa shape index (κ3) is 4.70. The third-order valence-electron chi connectivity index (χ3n) is 3.64. The van der Waals surface area contributed by atoms with Crippen LogP contribution in [0.5, 0.6) is 5.75 Å². The summed E-state index contributed by atoms with van der Waals surface area (Å²) < 4.78 is 0.857. The smallest absolute Gasteiger partial charge is 0.294 e. The summed E-state index contributed by atoms with van der Waals surface area (Å²) in [7, 11) is 0. The van der Waals surface area contributed by atoms with Crippen molar-refractivity contribution in [2.45, 2.75) is 0 Å². The number of nitrogens with zero attached hydrogens (tertiary/aromatic N) is 1. The summed E-state index contributed by atoms with van der Waals surface area (Å²) in [5.74, 6) is -1.36. The minimum absolute atomic E-state index is 0.0202. The van der Waals surface area contributed by atoms with E-state index < -0.39 is 23.6 Å². The second-order valence-corrected chi connectivity index (χ2v) is 8.38. The lowest BCUT2D eigenvalue weighted by Gasteiger charge is -2.12. The molecule has 28 heavy (non-hydrogen) atoms. The molecule has 2 N–H and O–H groups in total. The average Bonchev–Trinajstić information content (AvgIpc) is 2.89. The van der Waals surface area contributed by atoms with Crippen LogP contribution < -0.4 is 5.32 Å². The summed E-state index contributed by atoms with van der Waals surface area (Å²) in [5, 5.41) is 11.7. The number of halogens is 3. The number of phenolic OH excluding ortho intramolecular Hbond substituents is 1. The Hall–Kier alpha value is -2.00. The molecule has 0 aliphatic carbocycles. The van der Waals surface area contributed by atoms with Crippen LogP contribution in [0.2, 0.25) is 10.0 Å². The molecule has 1 saturated heterocycles. The Bertz CT molecular complexity index is 988. The largest absolute Gasteiger partial charge is 0.505 e. The molecule has 0 radical (unpaired) electrons. The van der Waals surface area contributed by atoms with Crippen LogP contribution in [0, 0.1) is 0 Å². The molecule has 2 aromatic rings. The molecule has 2 aromatic carbocycles. The van der Waals surface area contributed by atoms with Crippen molar-refractivity contribution in [1.29, 1.82) is 0 Å². The maximum atomic E-state index is 12.5. The van der Waals surface area contributed by atoms with E-state index in [0.29, 0.717) is 23.0 Å². The zero-order chi connectivity index (χ0) is 20.4. The van der Waals surface area contributed by atoms with Gasteiger partial charge in [0.25, 0.3) is 11.1 Å². The summed E-state index contributed by atoms with van der Waals surface area (Å²) in [6.07, 6.45) is 1.43. The highest BCUT2D eigenvalue weighted by Gasteiger charge is 2.36. The van der Waals surface area contributed by atoms with Gasteiger partial charge in [-0.15, -0.1) is 0 Å². The molecule has 10 heteroatoms. The van der Waals surface area contributed by atoms with E-state index in [-0.39, 0.29) is 20.7 Å². The van der Waals surface area contributed by atoms with Crippen LogP contribution in [-0.2, 0) is 9.59 Å². The fourth-order valence-electron chi connectivity index (χ4n) is 2.33. The van der Waals surface area contributed by atoms with Gasteiger partial charge in [0.05, 0.1) is 15.0 Å². The number of anilines is 1. The molecule has 1 aliphatic heterocycles. The van der Waals surface area contributed by atoms with Crippen LogP contribution in [0.25, 0.3) is 6.08 Å². The van der Waals surface area contributed by atoms with Crippen molar-refractivity contribution in [1.82, 2.24) is 4.90 Å². The fraction of sp³-hybridized carbons (Fsp3) is 0.0556. The first-order valence-corrected chi connectivity index (χ1v) is 10.1. The molecular formula is C18H11BrCl2N2O4S. The Labute approximate surface area is 182 Å². The highest BCUT2D eigenvalue weighted by Crippen LogP contribution is 2.36. The molecule has 144 valence electrons. The molecule has 0 atom stereocenters. The molecule has 1 heterocycles. The zero-order valence-electron chi connectivity index (χ0n) is 13.9. The first-order chi connectivity index (χ1) is 13.2. The Morgan fingerprint density at radius 2 is 1.79 bits per heavy atom. The quantitative estimate of drug-likeness (QED) is 0.566. The van der Waals surface area contributed by atoms with E-state index in [2.05, 4.69) is 21.2 Å². The fourth-order valence-corrected chi connectivity index (χ4v) is 3.94. The SMILES string of the molecule is O=C(CN1C(=O)S/C(=C\c2cc(Cl)c(O)c(Cl)c2)C1=O)Nc1ccc(Br)cc1. The van der Waals surface area contributed by atoms with E-state index in [9.17, 15) is 19.5 Å². The first-order valence-electron chi connectivity index (χ1n) is 7.73. The number of nitrogens with one attached hydrogen (secondary N) is 1. The zero-order valence-corrected chi connectivity index (χ0v) is 17.8. The van der Waals surface area contributed by atoms with Gasteiger partial charge in [0.2, 0.25) is 5.91 Å². The van der Waals surface area contributed by atoms with Crippen molar-refractivity contribution in [3.8, 4) is 5.75 Å². The monoisotopic (exact) mass is 500 g/mol. The van der Waals surface area contributed by atoms with Crippen molar-refractivity contribution in [3.63, 3.8) is 0 Å². The van der Waals surface area contributed by atoms with Crippen molar-refractivity contribution >= 4 is 79.7 Å². The van der Waals surface area contributed by atoms with E-state index in [1.807, 2.05) is 0 Å². The lowest BCUT2D eigenvalue weighted by atomic mass is 10.2. The standard InChI is InChI=1S/C18H11BrCl2N2O4S/c19-10-1-3-11(4-2-10)22-15(24)8-23-17(26)14(28-18(23)27)7-9-5-12(20)16(25)13(21)6-9/h1-7,25H,8H2,(H,22,24)/b14-7-. The van der Waals surface area contributed by atoms with Crippen LogP contribution in [0.15, 0.2) is 45.8 Å². The molecule has 0 aromatic heterocycles. The Kier molecular flexibility index (Phi) is 6.34.